The third-order valence-corrected chi connectivity index (χ3v) is 3.55. The molecule has 0 amide bonds. The Hall–Kier alpha value is -1.75. The summed E-state index contributed by atoms with van der Waals surface area (Å²) >= 11 is 0. The Morgan fingerprint density at radius 3 is 2.63 bits per heavy atom. The predicted molar refractivity (Wildman–Crippen MR) is 68.7 cm³/mol. The summed E-state index contributed by atoms with van der Waals surface area (Å²) in [4.78, 5) is 0. The van der Waals surface area contributed by atoms with Crippen LogP contribution in [0.3, 0.4) is 0 Å². The lowest BCUT2D eigenvalue weighted by Crippen LogP contribution is -2.27. The third kappa shape index (κ3) is 2.04. The quantitative estimate of drug-likeness (QED) is 0.857. The number of nitrogens with zero attached hydrogens (tertiary/aromatic N) is 2. The first-order chi connectivity index (χ1) is 9.06. The van der Waals surface area contributed by atoms with Gasteiger partial charge in [-0.05, 0) is 32.0 Å². The van der Waals surface area contributed by atoms with Crippen LogP contribution in [-0.2, 0) is 13.5 Å². The number of hydrogen-bond acceptors (Lipinski definition) is 2. The van der Waals surface area contributed by atoms with E-state index in [2.05, 4.69) is 10.4 Å². The molecule has 0 bridgehead atoms. The molecule has 1 aliphatic rings. The summed E-state index contributed by atoms with van der Waals surface area (Å²) in [5, 5.41) is 7.81. The van der Waals surface area contributed by atoms with E-state index in [1.165, 1.54) is 12.1 Å². The summed E-state index contributed by atoms with van der Waals surface area (Å²) < 4.78 is 28.5. The smallest absolute Gasteiger partial charge is 0.126 e. The Kier molecular flexibility index (Phi) is 2.86. The highest BCUT2D eigenvalue weighted by Gasteiger charge is 2.25. The van der Waals surface area contributed by atoms with Crippen molar-refractivity contribution in [1.29, 1.82) is 0 Å². The van der Waals surface area contributed by atoms with Gasteiger partial charge in [0.15, 0.2) is 0 Å². The summed E-state index contributed by atoms with van der Waals surface area (Å²) in [5.74, 6) is -1.13. The summed E-state index contributed by atoms with van der Waals surface area (Å²) in [7, 11) is 1.81. The van der Waals surface area contributed by atoms with E-state index >= 15 is 0 Å². The maximum absolute atomic E-state index is 13.4. The normalized spacial score (nSPS) is 18.4. The fourth-order valence-corrected chi connectivity index (χ4v) is 2.74. The second-order valence-electron chi connectivity index (χ2n) is 4.92. The van der Waals surface area contributed by atoms with E-state index < -0.39 is 11.6 Å². The molecule has 0 saturated heterocycles. The second kappa shape index (κ2) is 4.42. The average molecular weight is 263 g/mol. The molecule has 1 aliphatic heterocycles. The monoisotopic (exact) mass is 263 g/mol. The molecule has 0 aliphatic carbocycles. The van der Waals surface area contributed by atoms with E-state index in [0.29, 0.717) is 5.56 Å². The molecular weight excluding hydrogens is 248 g/mol. The van der Waals surface area contributed by atoms with Crippen molar-refractivity contribution >= 4 is 0 Å². The van der Waals surface area contributed by atoms with E-state index in [9.17, 15) is 8.78 Å². The van der Waals surface area contributed by atoms with Gasteiger partial charge in [-0.25, -0.2) is 8.78 Å². The van der Waals surface area contributed by atoms with Crippen LogP contribution in [0.25, 0.3) is 11.3 Å². The molecule has 0 saturated carbocycles. The van der Waals surface area contributed by atoms with E-state index in [-0.39, 0.29) is 6.04 Å². The van der Waals surface area contributed by atoms with Crippen LogP contribution in [0.4, 0.5) is 8.78 Å². The minimum atomic E-state index is -0.563. The van der Waals surface area contributed by atoms with Gasteiger partial charge in [-0.15, -0.1) is 0 Å². The van der Waals surface area contributed by atoms with Crippen molar-refractivity contribution in [3.63, 3.8) is 0 Å². The molecule has 2 aromatic rings. The molecular formula is C14H15F2N3. The van der Waals surface area contributed by atoms with Gasteiger partial charge in [0.1, 0.15) is 11.6 Å². The van der Waals surface area contributed by atoms with Gasteiger partial charge in [0.05, 0.1) is 11.4 Å². The van der Waals surface area contributed by atoms with Gasteiger partial charge in [-0.2, -0.15) is 5.10 Å². The molecule has 0 spiro atoms. The molecule has 0 fully saturated rings. The van der Waals surface area contributed by atoms with Gasteiger partial charge in [0.25, 0.3) is 0 Å². The van der Waals surface area contributed by atoms with Gasteiger partial charge in [0, 0.05) is 30.3 Å². The maximum atomic E-state index is 13.4. The fraction of sp³-hybridized carbons (Fsp3) is 0.357. The largest absolute Gasteiger partial charge is 0.308 e. The number of aryl methyl sites for hydroxylation is 1. The molecule has 2 heterocycles. The van der Waals surface area contributed by atoms with Crippen LogP contribution in [0.1, 0.15) is 24.2 Å². The highest BCUT2D eigenvalue weighted by Crippen LogP contribution is 2.32. The maximum Gasteiger partial charge on any atom is 0.126 e. The number of halogens is 2. The highest BCUT2D eigenvalue weighted by molar-refractivity contribution is 5.65. The summed E-state index contributed by atoms with van der Waals surface area (Å²) in [5.41, 5.74) is 3.40. The van der Waals surface area contributed by atoms with Gasteiger partial charge in [-0.3, -0.25) is 4.68 Å². The first kappa shape index (κ1) is 12.3. The SMILES string of the molecule is CC1NCCc2c1nn(C)c2-c1cc(F)cc(F)c1. The Balaban J connectivity index is 2.20. The molecule has 0 radical (unpaired) electrons. The van der Waals surface area contributed by atoms with Crippen molar-refractivity contribution in [2.45, 2.75) is 19.4 Å². The minimum absolute atomic E-state index is 0.169. The minimum Gasteiger partial charge on any atom is -0.308 e. The number of rotatable bonds is 1. The number of benzene rings is 1. The standard InChI is InChI=1S/C14H15F2N3/c1-8-13-12(3-4-17-8)14(19(2)18-13)9-5-10(15)7-11(16)6-9/h5-8,17H,3-4H2,1-2H3. The Bertz CT molecular complexity index is 614. The van der Waals surface area contributed by atoms with Crippen LogP contribution >= 0.6 is 0 Å². The molecule has 1 atom stereocenters. The number of nitrogens with one attached hydrogen (secondary N) is 1. The van der Waals surface area contributed by atoms with Gasteiger partial charge >= 0.3 is 0 Å². The number of aromatic nitrogens is 2. The van der Waals surface area contributed by atoms with Crippen molar-refractivity contribution in [2.24, 2.45) is 7.05 Å². The highest BCUT2D eigenvalue weighted by atomic mass is 19.1. The lowest BCUT2D eigenvalue weighted by atomic mass is 9.97. The van der Waals surface area contributed by atoms with E-state index in [4.69, 9.17) is 0 Å². The summed E-state index contributed by atoms with van der Waals surface area (Å²) in [6, 6.07) is 3.76. The second-order valence-corrected chi connectivity index (χ2v) is 4.92. The molecule has 1 aromatic heterocycles. The zero-order valence-corrected chi connectivity index (χ0v) is 10.9. The van der Waals surface area contributed by atoms with Gasteiger partial charge in [0.2, 0.25) is 0 Å². The van der Waals surface area contributed by atoms with Crippen molar-refractivity contribution in [2.75, 3.05) is 6.54 Å². The summed E-state index contributed by atoms with van der Waals surface area (Å²) in [6.45, 7) is 2.89. The zero-order valence-electron chi connectivity index (χ0n) is 10.9. The van der Waals surface area contributed by atoms with Crippen LogP contribution in [0.5, 0.6) is 0 Å². The molecule has 5 heteroatoms. The van der Waals surface area contributed by atoms with Crippen LogP contribution in [0.15, 0.2) is 18.2 Å². The lowest BCUT2D eigenvalue weighted by molar-refractivity contribution is 0.525. The molecule has 1 aromatic carbocycles. The Morgan fingerprint density at radius 1 is 1.26 bits per heavy atom. The van der Waals surface area contributed by atoms with Crippen LogP contribution in [-0.4, -0.2) is 16.3 Å². The van der Waals surface area contributed by atoms with Crippen LogP contribution < -0.4 is 5.32 Å². The van der Waals surface area contributed by atoms with Crippen molar-refractivity contribution in [1.82, 2.24) is 15.1 Å². The number of hydrogen-bond donors (Lipinski definition) is 1. The molecule has 1 N–H and O–H groups in total. The summed E-state index contributed by atoms with van der Waals surface area (Å²) in [6.07, 6.45) is 0.820. The Labute approximate surface area is 110 Å². The van der Waals surface area contributed by atoms with Gasteiger partial charge in [-0.1, -0.05) is 0 Å². The van der Waals surface area contributed by atoms with Crippen molar-refractivity contribution in [3.8, 4) is 11.3 Å². The first-order valence-electron chi connectivity index (χ1n) is 6.32. The van der Waals surface area contributed by atoms with E-state index in [1.54, 1.807) is 4.68 Å². The molecule has 100 valence electrons. The van der Waals surface area contributed by atoms with Crippen molar-refractivity contribution < 1.29 is 8.78 Å². The third-order valence-electron chi connectivity index (χ3n) is 3.55. The lowest BCUT2D eigenvalue weighted by Gasteiger charge is -2.19. The Morgan fingerprint density at radius 2 is 1.95 bits per heavy atom. The van der Waals surface area contributed by atoms with Crippen molar-refractivity contribution in [3.05, 3.63) is 41.1 Å². The molecule has 19 heavy (non-hydrogen) atoms. The average Bonchev–Trinajstić information content (AvgIpc) is 2.65. The topological polar surface area (TPSA) is 29.9 Å². The number of fused-ring (bicyclic) bond motifs is 1. The van der Waals surface area contributed by atoms with Gasteiger partial charge < -0.3 is 5.32 Å². The first-order valence-corrected chi connectivity index (χ1v) is 6.32. The molecule has 3 rings (SSSR count). The van der Waals surface area contributed by atoms with Crippen LogP contribution in [0.2, 0.25) is 0 Å². The zero-order chi connectivity index (χ0) is 13.6. The van der Waals surface area contributed by atoms with Crippen LogP contribution in [0, 0.1) is 11.6 Å². The van der Waals surface area contributed by atoms with E-state index in [1.807, 2.05) is 14.0 Å². The molecule has 1 unspecified atom stereocenters. The fourth-order valence-electron chi connectivity index (χ4n) is 2.74. The van der Waals surface area contributed by atoms with E-state index in [0.717, 1.165) is 36.0 Å². The molecule has 3 nitrogen and oxygen atoms in total. The predicted octanol–water partition coefficient (Wildman–Crippen LogP) is 2.57.